The number of fused-ring (bicyclic) bond motifs is 2. The van der Waals surface area contributed by atoms with Crippen molar-refractivity contribution in [1.29, 1.82) is 0 Å². The lowest BCUT2D eigenvalue weighted by molar-refractivity contribution is -0.151. The quantitative estimate of drug-likeness (QED) is 0.181. The molecule has 4 heterocycles. The third kappa shape index (κ3) is 7.54. The molecule has 2 atom stereocenters. The van der Waals surface area contributed by atoms with Gasteiger partial charge >= 0.3 is 18.1 Å². The molecule has 2 aromatic heterocycles. The van der Waals surface area contributed by atoms with E-state index in [9.17, 15) is 29.4 Å². The molecule has 5 rings (SSSR count). The zero-order chi connectivity index (χ0) is 29.4. The number of β-lactam (4-membered cyclic amide) rings is 1. The maximum atomic E-state index is 12.4. The maximum absolute atomic E-state index is 12.4. The van der Waals surface area contributed by atoms with Gasteiger partial charge in [0.15, 0.2) is 0 Å². The van der Waals surface area contributed by atoms with Gasteiger partial charge in [-0.15, -0.1) is 23.1 Å². The van der Waals surface area contributed by atoms with Crippen LogP contribution >= 0.6 is 23.1 Å². The zero-order valence-electron chi connectivity index (χ0n) is 20.9. The highest BCUT2D eigenvalue weighted by Crippen LogP contribution is 2.40. The third-order valence-electron chi connectivity index (χ3n) is 5.50. The van der Waals surface area contributed by atoms with E-state index in [4.69, 9.17) is 19.7 Å². The first-order valence-electron chi connectivity index (χ1n) is 11.5. The van der Waals surface area contributed by atoms with E-state index >= 15 is 0 Å². The lowest BCUT2D eigenvalue weighted by Gasteiger charge is -2.49. The number of nitrogens with zero attached hydrogens (tertiary/aromatic N) is 1. The number of rotatable bonds is 6. The number of H-pyrrole nitrogens is 1. The number of benzene rings is 1. The number of hydrogen-bond donors (Lipinski definition) is 6. The number of hydrogen-bond acceptors (Lipinski definition) is 9. The highest BCUT2D eigenvalue weighted by Gasteiger charge is 2.54. The fourth-order valence-electron chi connectivity index (χ4n) is 3.84. The number of carbonyl (C=O) groups excluding carboxylic acids is 3. The van der Waals surface area contributed by atoms with E-state index in [-0.39, 0.29) is 24.6 Å². The Labute approximate surface area is 235 Å². The SMILES string of the molecule is CC(=O)OCC1=C(C(=O)O)N2C(=O)[C@@H](NC(=O)Cc3cccs3)[C@H]2SC1.O=C(O)O.Oc1c[nH]c2ccccc12. The van der Waals surface area contributed by atoms with Gasteiger partial charge in [0.1, 0.15) is 29.5 Å². The Kier molecular flexibility index (Phi) is 10.2. The van der Waals surface area contributed by atoms with Crippen LogP contribution < -0.4 is 5.32 Å². The molecule has 6 N–H and O–H groups in total. The molecule has 13 nitrogen and oxygen atoms in total. The van der Waals surface area contributed by atoms with Crippen LogP contribution in [0.15, 0.2) is 59.2 Å². The number of carboxylic acid groups (broad SMARTS) is 3. The molecule has 0 saturated carbocycles. The highest BCUT2D eigenvalue weighted by molar-refractivity contribution is 8.00. The van der Waals surface area contributed by atoms with Gasteiger partial charge in [-0.2, -0.15) is 0 Å². The van der Waals surface area contributed by atoms with E-state index in [1.54, 1.807) is 6.20 Å². The van der Waals surface area contributed by atoms with Crippen molar-refractivity contribution < 1.29 is 49.1 Å². The largest absolute Gasteiger partial charge is 0.506 e. The van der Waals surface area contributed by atoms with Crippen LogP contribution in [0, 0.1) is 0 Å². The number of aromatic hydroxyl groups is 1. The number of amides is 2. The van der Waals surface area contributed by atoms with Crippen LogP contribution in [0.25, 0.3) is 10.9 Å². The molecule has 15 heteroatoms. The first kappa shape index (κ1) is 30.0. The Balaban J connectivity index is 0.000000257. The summed E-state index contributed by atoms with van der Waals surface area (Å²) in [5.41, 5.74) is 1.18. The number of aliphatic carboxylic acids is 1. The topological polar surface area (TPSA) is 207 Å². The monoisotopic (exact) mass is 591 g/mol. The molecule has 0 radical (unpaired) electrons. The van der Waals surface area contributed by atoms with E-state index < -0.39 is 35.4 Å². The Morgan fingerprint density at radius 2 is 1.82 bits per heavy atom. The van der Waals surface area contributed by atoms with Crippen molar-refractivity contribution in [3.05, 3.63) is 64.1 Å². The summed E-state index contributed by atoms with van der Waals surface area (Å²) < 4.78 is 4.87. The van der Waals surface area contributed by atoms with Crippen molar-refractivity contribution in [2.45, 2.75) is 24.8 Å². The first-order chi connectivity index (χ1) is 19.0. The van der Waals surface area contributed by atoms with Gasteiger partial charge in [-0.05, 0) is 23.6 Å². The van der Waals surface area contributed by atoms with Gasteiger partial charge in [0.2, 0.25) is 5.91 Å². The standard InChI is InChI=1S/C16H16N2O6S2.C8H7NO.CH2O3/c1-8(19)24-6-9-7-26-15-12(14(21)18(15)13(9)16(22)23)17-11(20)5-10-3-2-4-25-10;10-8-5-9-7-4-2-1-3-6(7)8;2-1(3)4/h2-4,12,15H,5-7H2,1H3,(H,17,20)(H,22,23);1-5,9-10H;(H2,2,3,4)/t12-,15-;;/m1../s1. The Hall–Kier alpha value is -4.50. The van der Waals surface area contributed by atoms with Gasteiger partial charge in [0.25, 0.3) is 5.91 Å². The van der Waals surface area contributed by atoms with E-state index in [1.165, 1.54) is 30.0 Å². The van der Waals surface area contributed by atoms with Gasteiger partial charge in [0.05, 0.1) is 6.42 Å². The maximum Gasteiger partial charge on any atom is 0.503 e. The third-order valence-corrected chi connectivity index (χ3v) is 7.71. The second-order valence-electron chi connectivity index (χ2n) is 8.25. The molecule has 0 spiro atoms. The van der Waals surface area contributed by atoms with Crippen molar-refractivity contribution in [2.24, 2.45) is 0 Å². The van der Waals surface area contributed by atoms with Crippen molar-refractivity contribution in [3.63, 3.8) is 0 Å². The number of ether oxygens (including phenoxy) is 1. The van der Waals surface area contributed by atoms with Crippen LogP contribution in [-0.2, 0) is 30.3 Å². The number of para-hydroxylation sites is 1. The first-order valence-corrected chi connectivity index (χ1v) is 13.4. The molecule has 0 bridgehead atoms. The Bertz CT molecular complexity index is 1430. The summed E-state index contributed by atoms with van der Waals surface area (Å²) in [6.45, 7) is 1.06. The number of esters is 1. The smallest absolute Gasteiger partial charge is 0.503 e. The molecule has 2 aliphatic heterocycles. The van der Waals surface area contributed by atoms with Crippen LogP contribution in [0.1, 0.15) is 11.8 Å². The molecule has 2 amide bonds. The highest BCUT2D eigenvalue weighted by atomic mass is 32.2. The Morgan fingerprint density at radius 1 is 1.12 bits per heavy atom. The summed E-state index contributed by atoms with van der Waals surface area (Å²) in [4.78, 5) is 60.6. The van der Waals surface area contributed by atoms with E-state index in [0.29, 0.717) is 17.1 Å². The van der Waals surface area contributed by atoms with Crippen molar-refractivity contribution in [3.8, 4) is 5.75 Å². The summed E-state index contributed by atoms with van der Waals surface area (Å²) in [7, 11) is 0. The summed E-state index contributed by atoms with van der Waals surface area (Å²) in [6, 6.07) is 10.6. The fourth-order valence-corrected chi connectivity index (χ4v) is 5.87. The van der Waals surface area contributed by atoms with Crippen LogP contribution in [0.2, 0.25) is 0 Å². The zero-order valence-corrected chi connectivity index (χ0v) is 22.5. The average molecular weight is 592 g/mol. The van der Waals surface area contributed by atoms with Crippen LogP contribution in [0.5, 0.6) is 5.75 Å². The average Bonchev–Trinajstić information content (AvgIpc) is 3.55. The number of nitrogens with one attached hydrogen (secondary N) is 2. The van der Waals surface area contributed by atoms with Crippen LogP contribution in [-0.4, -0.2) is 84.0 Å². The van der Waals surface area contributed by atoms with Gasteiger partial charge in [-0.3, -0.25) is 19.3 Å². The summed E-state index contributed by atoms with van der Waals surface area (Å²) >= 11 is 2.79. The number of thioether (sulfide) groups is 1. The molecule has 0 unspecified atom stereocenters. The number of carbonyl (C=O) groups is 5. The number of thiophene rings is 1. The van der Waals surface area contributed by atoms with Gasteiger partial charge in [-0.25, -0.2) is 9.59 Å². The summed E-state index contributed by atoms with van der Waals surface area (Å²) in [5, 5.41) is 37.5. The molecule has 212 valence electrons. The summed E-state index contributed by atoms with van der Waals surface area (Å²) in [5.74, 6) is -1.91. The molecule has 1 saturated heterocycles. The van der Waals surface area contributed by atoms with Crippen LogP contribution in [0.4, 0.5) is 4.79 Å². The predicted octanol–water partition coefficient (Wildman–Crippen LogP) is 2.69. The fraction of sp³-hybridized carbons (Fsp3) is 0.240. The van der Waals surface area contributed by atoms with E-state index in [1.807, 2.05) is 41.8 Å². The number of carboxylic acids is 1. The molecular formula is C25H25N3O10S2. The van der Waals surface area contributed by atoms with E-state index in [0.717, 1.165) is 20.7 Å². The minimum atomic E-state index is -1.83. The van der Waals surface area contributed by atoms with Gasteiger partial charge in [0, 0.05) is 40.2 Å². The Morgan fingerprint density at radius 3 is 2.42 bits per heavy atom. The number of aromatic amines is 1. The number of aromatic nitrogens is 1. The lowest BCUT2D eigenvalue weighted by Crippen LogP contribution is -2.70. The van der Waals surface area contributed by atoms with Gasteiger partial charge < -0.3 is 35.5 Å². The molecule has 2 aliphatic rings. The molecular weight excluding hydrogens is 566 g/mol. The minimum Gasteiger partial charge on any atom is -0.506 e. The van der Waals surface area contributed by atoms with Gasteiger partial charge in [-0.1, -0.05) is 18.2 Å². The molecule has 40 heavy (non-hydrogen) atoms. The molecule has 3 aromatic rings. The van der Waals surface area contributed by atoms with Crippen LogP contribution in [0.3, 0.4) is 0 Å². The molecule has 1 fully saturated rings. The van der Waals surface area contributed by atoms with Crippen molar-refractivity contribution in [1.82, 2.24) is 15.2 Å². The second kappa shape index (κ2) is 13.5. The predicted molar refractivity (Wildman–Crippen MR) is 145 cm³/mol. The minimum absolute atomic E-state index is 0.163. The summed E-state index contributed by atoms with van der Waals surface area (Å²) in [6.07, 6.45) is -0.0666. The van der Waals surface area contributed by atoms with Crippen molar-refractivity contribution >= 4 is 63.9 Å². The second-order valence-corrected chi connectivity index (χ2v) is 10.4. The van der Waals surface area contributed by atoms with E-state index in [2.05, 4.69) is 10.3 Å². The van der Waals surface area contributed by atoms with Crippen molar-refractivity contribution in [2.75, 3.05) is 12.4 Å². The molecule has 1 aromatic carbocycles. The molecule has 0 aliphatic carbocycles. The normalized spacial score (nSPS) is 17.3. The lowest BCUT2D eigenvalue weighted by atomic mass is 10.0.